The standard InChI is InChI=1S/C14H27NO2/c1-13(2,3)11-9-7-8-10-15(11)12(16)17-14(4,5)6/h11H,7-10H2,1-6H3. The van der Waals surface area contributed by atoms with Gasteiger partial charge in [-0.1, -0.05) is 20.8 Å². The number of likely N-dealkylation sites (tertiary alicyclic amines) is 1. The summed E-state index contributed by atoms with van der Waals surface area (Å²) in [6, 6.07) is 0.297. The van der Waals surface area contributed by atoms with Gasteiger partial charge >= 0.3 is 6.09 Å². The van der Waals surface area contributed by atoms with Crippen LogP contribution in [0, 0.1) is 5.41 Å². The van der Waals surface area contributed by atoms with Crippen LogP contribution in [0.5, 0.6) is 0 Å². The summed E-state index contributed by atoms with van der Waals surface area (Å²) >= 11 is 0. The van der Waals surface area contributed by atoms with Crippen LogP contribution in [0.4, 0.5) is 4.79 Å². The molecule has 1 aliphatic heterocycles. The lowest BCUT2D eigenvalue weighted by atomic mass is 9.81. The highest BCUT2D eigenvalue weighted by molar-refractivity contribution is 5.68. The van der Waals surface area contributed by atoms with Crippen LogP contribution in [0.15, 0.2) is 0 Å². The maximum absolute atomic E-state index is 12.2. The summed E-state index contributed by atoms with van der Waals surface area (Å²) in [5.74, 6) is 0. The molecule has 1 rings (SSSR count). The van der Waals surface area contributed by atoms with Gasteiger partial charge < -0.3 is 9.64 Å². The Bertz CT molecular complexity index is 273. The summed E-state index contributed by atoms with van der Waals surface area (Å²) in [5.41, 5.74) is -0.283. The van der Waals surface area contributed by atoms with E-state index in [-0.39, 0.29) is 11.5 Å². The average molecular weight is 241 g/mol. The van der Waals surface area contributed by atoms with Gasteiger partial charge in [0, 0.05) is 12.6 Å². The molecule has 3 nitrogen and oxygen atoms in total. The molecule has 1 atom stereocenters. The Kier molecular flexibility index (Phi) is 4.11. The van der Waals surface area contributed by atoms with E-state index in [1.165, 1.54) is 6.42 Å². The van der Waals surface area contributed by atoms with Crippen molar-refractivity contribution in [2.24, 2.45) is 5.41 Å². The monoisotopic (exact) mass is 241 g/mol. The highest BCUT2D eigenvalue weighted by Crippen LogP contribution is 2.32. The maximum atomic E-state index is 12.2. The van der Waals surface area contributed by atoms with E-state index in [9.17, 15) is 4.79 Å². The lowest BCUT2D eigenvalue weighted by molar-refractivity contribution is -0.00726. The number of rotatable bonds is 0. The smallest absolute Gasteiger partial charge is 0.410 e. The molecule has 1 unspecified atom stereocenters. The van der Waals surface area contributed by atoms with Gasteiger partial charge in [0.05, 0.1) is 0 Å². The summed E-state index contributed by atoms with van der Waals surface area (Å²) in [4.78, 5) is 14.1. The number of nitrogens with zero attached hydrogens (tertiary/aromatic N) is 1. The summed E-state index contributed by atoms with van der Waals surface area (Å²) in [6.45, 7) is 13.2. The van der Waals surface area contributed by atoms with E-state index in [1.54, 1.807) is 0 Å². The molecule has 1 amide bonds. The van der Waals surface area contributed by atoms with Gasteiger partial charge in [0.15, 0.2) is 0 Å². The summed E-state index contributed by atoms with van der Waals surface area (Å²) in [7, 11) is 0. The van der Waals surface area contributed by atoms with Crippen LogP contribution < -0.4 is 0 Å². The van der Waals surface area contributed by atoms with Crippen molar-refractivity contribution in [1.29, 1.82) is 0 Å². The summed E-state index contributed by atoms with van der Waals surface area (Å²) in [5, 5.41) is 0. The SMILES string of the molecule is CC(C)(C)OC(=O)N1CCCCC1C(C)(C)C. The molecule has 100 valence electrons. The van der Waals surface area contributed by atoms with Crippen LogP contribution in [0.2, 0.25) is 0 Å². The van der Waals surface area contributed by atoms with E-state index in [2.05, 4.69) is 20.8 Å². The van der Waals surface area contributed by atoms with Crippen LogP contribution in [-0.4, -0.2) is 29.2 Å². The fourth-order valence-electron chi connectivity index (χ4n) is 2.37. The van der Waals surface area contributed by atoms with Crippen molar-refractivity contribution in [1.82, 2.24) is 4.90 Å². The van der Waals surface area contributed by atoms with Crippen LogP contribution in [0.3, 0.4) is 0 Å². The number of hydrogen-bond acceptors (Lipinski definition) is 2. The highest BCUT2D eigenvalue weighted by atomic mass is 16.6. The zero-order chi connectivity index (χ0) is 13.3. The molecule has 0 radical (unpaired) electrons. The molecule has 0 aromatic heterocycles. The van der Waals surface area contributed by atoms with Crippen LogP contribution in [0.1, 0.15) is 60.8 Å². The minimum Gasteiger partial charge on any atom is -0.444 e. The van der Waals surface area contributed by atoms with E-state index in [4.69, 9.17) is 4.74 Å². The molecule has 0 spiro atoms. The second-order valence-corrected chi connectivity index (χ2v) is 7.05. The van der Waals surface area contributed by atoms with Crippen molar-refractivity contribution < 1.29 is 9.53 Å². The molecule has 0 N–H and O–H groups in total. The maximum Gasteiger partial charge on any atom is 0.410 e. The second-order valence-electron chi connectivity index (χ2n) is 7.05. The van der Waals surface area contributed by atoms with Crippen LogP contribution in [0.25, 0.3) is 0 Å². The van der Waals surface area contributed by atoms with E-state index in [1.807, 2.05) is 25.7 Å². The fraction of sp³-hybridized carbons (Fsp3) is 0.929. The predicted octanol–water partition coefficient (Wildman–Crippen LogP) is 3.82. The number of ether oxygens (including phenoxy) is 1. The molecule has 0 bridgehead atoms. The zero-order valence-corrected chi connectivity index (χ0v) is 12.2. The van der Waals surface area contributed by atoms with Gasteiger partial charge in [-0.3, -0.25) is 0 Å². The molecule has 17 heavy (non-hydrogen) atoms. The van der Waals surface area contributed by atoms with Gasteiger partial charge in [0.25, 0.3) is 0 Å². The lowest BCUT2D eigenvalue weighted by Crippen LogP contribution is -2.51. The van der Waals surface area contributed by atoms with Gasteiger partial charge in [-0.15, -0.1) is 0 Å². The van der Waals surface area contributed by atoms with Gasteiger partial charge in [-0.2, -0.15) is 0 Å². The molecule has 0 aromatic carbocycles. The van der Waals surface area contributed by atoms with Crippen molar-refractivity contribution in [2.45, 2.75) is 72.4 Å². The Hall–Kier alpha value is -0.730. The molecular formula is C14H27NO2. The Balaban J connectivity index is 2.75. The molecule has 0 aromatic rings. The Morgan fingerprint density at radius 2 is 1.71 bits per heavy atom. The Labute approximate surface area is 106 Å². The quantitative estimate of drug-likeness (QED) is 0.645. The van der Waals surface area contributed by atoms with Gasteiger partial charge in [0.2, 0.25) is 0 Å². The van der Waals surface area contributed by atoms with Crippen molar-refractivity contribution >= 4 is 6.09 Å². The fourth-order valence-corrected chi connectivity index (χ4v) is 2.37. The zero-order valence-electron chi connectivity index (χ0n) is 12.2. The third kappa shape index (κ3) is 4.21. The van der Waals surface area contributed by atoms with Gasteiger partial charge in [-0.05, 0) is 45.4 Å². The largest absolute Gasteiger partial charge is 0.444 e. The number of amides is 1. The second kappa shape index (κ2) is 4.87. The van der Waals surface area contributed by atoms with Crippen molar-refractivity contribution in [3.05, 3.63) is 0 Å². The van der Waals surface area contributed by atoms with Crippen molar-refractivity contribution in [3.63, 3.8) is 0 Å². The topological polar surface area (TPSA) is 29.5 Å². The highest BCUT2D eigenvalue weighted by Gasteiger charge is 2.36. The Morgan fingerprint density at radius 3 is 2.18 bits per heavy atom. The molecule has 0 aliphatic carbocycles. The number of hydrogen-bond donors (Lipinski definition) is 0. The Morgan fingerprint density at radius 1 is 1.12 bits per heavy atom. The first kappa shape index (κ1) is 14.3. The first-order chi connectivity index (χ1) is 7.61. The minimum atomic E-state index is -0.406. The molecule has 1 saturated heterocycles. The van der Waals surface area contributed by atoms with E-state index < -0.39 is 5.60 Å². The van der Waals surface area contributed by atoms with Gasteiger partial charge in [0.1, 0.15) is 5.60 Å². The summed E-state index contributed by atoms with van der Waals surface area (Å²) in [6.07, 6.45) is 3.23. The minimum absolute atomic E-state index is 0.122. The molecule has 3 heteroatoms. The molecule has 1 heterocycles. The normalized spacial score (nSPS) is 22.5. The van der Waals surface area contributed by atoms with Crippen LogP contribution in [-0.2, 0) is 4.74 Å². The van der Waals surface area contributed by atoms with Gasteiger partial charge in [-0.25, -0.2) is 4.79 Å². The van der Waals surface area contributed by atoms with E-state index in [0.29, 0.717) is 6.04 Å². The lowest BCUT2D eigenvalue weighted by Gasteiger charge is -2.43. The first-order valence-corrected chi connectivity index (χ1v) is 6.61. The predicted molar refractivity (Wildman–Crippen MR) is 70.0 cm³/mol. The summed E-state index contributed by atoms with van der Waals surface area (Å²) < 4.78 is 5.49. The van der Waals surface area contributed by atoms with Crippen molar-refractivity contribution in [3.8, 4) is 0 Å². The average Bonchev–Trinajstić information content (AvgIpc) is 2.13. The molecular weight excluding hydrogens is 214 g/mol. The molecule has 1 aliphatic rings. The van der Waals surface area contributed by atoms with E-state index in [0.717, 1.165) is 19.4 Å². The third-order valence-electron chi connectivity index (χ3n) is 3.13. The van der Waals surface area contributed by atoms with Crippen LogP contribution >= 0.6 is 0 Å². The molecule has 1 fully saturated rings. The first-order valence-electron chi connectivity index (χ1n) is 6.61. The molecule has 0 saturated carbocycles. The number of carbonyl (C=O) groups is 1. The third-order valence-corrected chi connectivity index (χ3v) is 3.13. The van der Waals surface area contributed by atoms with Crippen molar-refractivity contribution in [2.75, 3.05) is 6.54 Å². The number of piperidine rings is 1. The number of carbonyl (C=O) groups excluding carboxylic acids is 1. The van der Waals surface area contributed by atoms with E-state index >= 15 is 0 Å².